The minimum Gasteiger partial charge on any atom is -0.352 e. The van der Waals surface area contributed by atoms with Gasteiger partial charge in [-0.15, -0.1) is 0 Å². The van der Waals surface area contributed by atoms with Crippen LogP contribution in [-0.2, 0) is 4.79 Å². The fourth-order valence-corrected chi connectivity index (χ4v) is 1.41. The molecule has 0 saturated carbocycles. The van der Waals surface area contributed by atoms with Gasteiger partial charge in [-0.25, -0.2) is 0 Å². The Hall–Kier alpha value is -0.570. The summed E-state index contributed by atoms with van der Waals surface area (Å²) in [6, 6.07) is 0.714. The van der Waals surface area contributed by atoms with E-state index in [4.69, 9.17) is 0 Å². The van der Waals surface area contributed by atoms with E-state index in [1.807, 2.05) is 0 Å². The molecule has 0 aromatic heterocycles. The van der Waals surface area contributed by atoms with Gasteiger partial charge >= 0.3 is 0 Å². The summed E-state index contributed by atoms with van der Waals surface area (Å²) in [5, 5.41) is 6.23. The van der Waals surface area contributed by atoms with Crippen molar-refractivity contribution in [1.82, 2.24) is 10.6 Å². The molecule has 0 heterocycles. The zero-order valence-electron chi connectivity index (χ0n) is 10.8. The third-order valence-corrected chi connectivity index (χ3v) is 2.81. The molecule has 2 N–H and O–H groups in total. The van der Waals surface area contributed by atoms with Gasteiger partial charge in [-0.05, 0) is 25.7 Å². The molecule has 3 nitrogen and oxygen atoms in total. The number of carbonyl (C=O) groups is 1. The predicted molar refractivity (Wildman–Crippen MR) is 64.8 cm³/mol. The van der Waals surface area contributed by atoms with Gasteiger partial charge in [-0.2, -0.15) is 0 Å². The van der Waals surface area contributed by atoms with Crippen molar-refractivity contribution in [2.24, 2.45) is 5.92 Å². The Bertz CT molecular complexity index is 180. The van der Waals surface area contributed by atoms with E-state index < -0.39 is 0 Å². The first-order valence-electron chi connectivity index (χ1n) is 6.03. The average Bonchev–Trinajstić information content (AvgIpc) is 2.21. The maximum atomic E-state index is 11.6. The van der Waals surface area contributed by atoms with Gasteiger partial charge in [-0.3, -0.25) is 4.79 Å². The van der Waals surface area contributed by atoms with E-state index in [-0.39, 0.29) is 5.91 Å². The van der Waals surface area contributed by atoms with Crippen LogP contribution in [0.1, 0.15) is 47.5 Å². The van der Waals surface area contributed by atoms with E-state index in [0.29, 0.717) is 24.5 Å². The zero-order valence-corrected chi connectivity index (χ0v) is 10.8. The largest absolute Gasteiger partial charge is 0.352 e. The maximum absolute atomic E-state index is 11.6. The van der Waals surface area contributed by atoms with Crippen molar-refractivity contribution in [3.63, 3.8) is 0 Å². The fourth-order valence-electron chi connectivity index (χ4n) is 1.41. The Kier molecular flexibility index (Phi) is 7.39. The van der Waals surface area contributed by atoms with Gasteiger partial charge in [0.05, 0.1) is 6.54 Å². The maximum Gasteiger partial charge on any atom is 0.234 e. The second-order valence-corrected chi connectivity index (χ2v) is 4.52. The van der Waals surface area contributed by atoms with Gasteiger partial charge in [0.15, 0.2) is 0 Å². The summed E-state index contributed by atoms with van der Waals surface area (Å²) in [6.45, 7) is 11.0. The summed E-state index contributed by atoms with van der Waals surface area (Å²) in [5.74, 6) is 0.610. The van der Waals surface area contributed by atoms with Crippen LogP contribution in [0.25, 0.3) is 0 Å². The lowest BCUT2D eigenvalue weighted by Gasteiger charge is -2.21. The van der Waals surface area contributed by atoms with E-state index >= 15 is 0 Å². The highest BCUT2D eigenvalue weighted by Crippen LogP contribution is 2.04. The van der Waals surface area contributed by atoms with Crippen molar-refractivity contribution < 1.29 is 4.79 Å². The Morgan fingerprint density at radius 1 is 1.13 bits per heavy atom. The highest BCUT2D eigenvalue weighted by Gasteiger charge is 2.13. The molecular weight excluding hydrogens is 188 g/mol. The normalized spacial score (nSPS) is 15.1. The predicted octanol–water partition coefficient (Wildman–Crippen LogP) is 1.93. The topological polar surface area (TPSA) is 41.1 Å². The molecular formula is C12H26N2O. The molecule has 0 fully saturated rings. The summed E-state index contributed by atoms with van der Waals surface area (Å²) in [4.78, 5) is 11.6. The molecule has 0 rings (SSSR count). The van der Waals surface area contributed by atoms with Crippen molar-refractivity contribution in [1.29, 1.82) is 0 Å². The first-order chi connectivity index (χ1) is 7.01. The minimum atomic E-state index is 0.107. The molecule has 0 spiro atoms. The number of hydrogen-bond acceptors (Lipinski definition) is 2. The lowest BCUT2D eigenvalue weighted by atomic mass is 10.0. The van der Waals surface area contributed by atoms with E-state index in [9.17, 15) is 4.79 Å². The van der Waals surface area contributed by atoms with Gasteiger partial charge in [0, 0.05) is 12.1 Å². The summed E-state index contributed by atoms with van der Waals surface area (Å²) < 4.78 is 0. The van der Waals surface area contributed by atoms with Crippen molar-refractivity contribution in [3.05, 3.63) is 0 Å². The van der Waals surface area contributed by atoms with Gasteiger partial charge in [0.2, 0.25) is 5.91 Å². The molecule has 1 amide bonds. The number of carbonyl (C=O) groups excluding carboxylic acids is 1. The van der Waals surface area contributed by atoms with Crippen LogP contribution < -0.4 is 10.6 Å². The number of hydrogen-bond donors (Lipinski definition) is 2. The Morgan fingerprint density at radius 3 is 2.13 bits per heavy atom. The van der Waals surface area contributed by atoms with Crippen LogP contribution in [0.2, 0.25) is 0 Å². The van der Waals surface area contributed by atoms with Gasteiger partial charge in [0.1, 0.15) is 0 Å². The van der Waals surface area contributed by atoms with E-state index in [1.54, 1.807) is 0 Å². The lowest BCUT2D eigenvalue weighted by Crippen LogP contribution is -2.44. The van der Waals surface area contributed by atoms with Crippen LogP contribution >= 0.6 is 0 Å². The van der Waals surface area contributed by atoms with E-state index in [1.165, 1.54) is 0 Å². The Labute approximate surface area is 94.0 Å². The zero-order chi connectivity index (χ0) is 11.8. The summed E-state index contributed by atoms with van der Waals surface area (Å²) in [7, 11) is 0. The van der Waals surface area contributed by atoms with Crippen LogP contribution in [0.3, 0.4) is 0 Å². The Balaban J connectivity index is 3.81. The molecule has 90 valence electrons. The van der Waals surface area contributed by atoms with Crippen molar-refractivity contribution >= 4 is 5.91 Å². The molecule has 0 bridgehead atoms. The molecule has 0 saturated heterocycles. The molecule has 0 aromatic carbocycles. The molecule has 0 aliphatic carbocycles. The standard InChI is InChI=1S/C12H26N2O/c1-6-10(5)13-8-12(15)14-11(7-2)9(3)4/h9-11,13H,6-8H2,1-5H3,(H,14,15). The SMILES string of the molecule is CCC(C)NCC(=O)NC(CC)C(C)C. The molecule has 0 aliphatic rings. The van der Waals surface area contributed by atoms with Crippen LogP contribution in [0.5, 0.6) is 0 Å². The number of amides is 1. The second kappa shape index (κ2) is 7.69. The number of rotatable bonds is 7. The first kappa shape index (κ1) is 14.4. The lowest BCUT2D eigenvalue weighted by molar-refractivity contribution is -0.121. The first-order valence-corrected chi connectivity index (χ1v) is 6.03. The van der Waals surface area contributed by atoms with Crippen molar-refractivity contribution in [3.8, 4) is 0 Å². The van der Waals surface area contributed by atoms with Crippen LogP contribution in [0.4, 0.5) is 0 Å². The third-order valence-electron chi connectivity index (χ3n) is 2.81. The van der Waals surface area contributed by atoms with Crippen molar-refractivity contribution in [2.75, 3.05) is 6.54 Å². The summed E-state index contributed by atoms with van der Waals surface area (Å²) >= 11 is 0. The fraction of sp³-hybridized carbons (Fsp3) is 0.917. The van der Waals surface area contributed by atoms with Crippen LogP contribution in [0.15, 0.2) is 0 Å². The molecule has 15 heavy (non-hydrogen) atoms. The highest BCUT2D eigenvalue weighted by atomic mass is 16.1. The molecule has 2 unspecified atom stereocenters. The molecule has 0 aromatic rings. The molecule has 0 aliphatic heterocycles. The van der Waals surface area contributed by atoms with E-state index in [0.717, 1.165) is 12.8 Å². The summed E-state index contributed by atoms with van der Waals surface area (Å²) in [5.41, 5.74) is 0. The summed E-state index contributed by atoms with van der Waals surface area (Å²) in [6.07, 6.45) is 2.04. The monoisotopic (exact) mass is 214 g/mol. The Morgan fingerprint density at radius 2 is 1.73 bits per heavy atom. The smallest absolute Gasteiger partial charge is 0.234 e. The third kappa shape index (κ3) is 6.50. The van der Waals surface area contributed by atoms with Gasteiger partial charge in [-0.1, -0.05) is 27.7 Å². The van der Waals surface area contributed by atoms with Crippen molar-refractivity contribution in [2.45, 2.75) is 59.5 Å². The van der Waals surface area contributed by atoms with Gasteiger partial charge in [0.25, 0.3) is 0 Å². The molecule has 3 heteroatoms. The highest BCUT2D eigenvalue weighted by molar-refractivity contribution is 5.78. The molecule has 2 atom stereocenters. The van der Waals surface area contributed by atoms with Crippen LogP contribution in [-0.4, -0.2) is 24.5 Å². The molecule has 0 radical (unpaired) electrons. The quantitative estimate of drug-likeness (QED) is 0.680. The second-order valence-electron chi connectivity index (χ2n) is 4.52. The van der Waals surface area contributed by atoms with E-state index in [2.05, 4.69) is 45.3 Å². The van der Waals surface area contributed by atoms with Crippen LogP contribution in [0, 0.1) is 5.92 Å². The van der Waals surface area contributed by atoms with Gasteiger partial charge < -0.3 is 10.6 Å². The average molecular weight is 214 g/mol. The number of nitrogens with one attached hydrogen (secondary N) is 2. The minimum absolute atomic E-state index is 0.107.